The van der Waals surface area contributed by atoms with Gasteiger partial charge in [0, 0.05) is 39.6 Å². The molecule has 7 nitrogen and oxygen atoms in total. The molecule has 2 N–H and O–H groups in total. The monoisotopic (exact) mass is 574 g/mol. The van der Waals surface area contributed by atoms with E-state index in [0.29, 0.717) is 31.3 Å². The van der Waals surface area contributed by atoms with Crippen molar-refractivity contribution in [2.75, 3.05) is 44.7 Å². The number of likely N-dealkylation sites (tertiary alicyclic amines) is 2. The Hall–Kier alpha value is -2.62. The molecule has 2 aliphatic rings. The second kappa shape index (κ2) is 13.6. The molecule has 0 radical (unpaired) electrons. The SMILES string of the molecule is CSCCC(NC(C)=O)C(=O)N[C@@H](CCN1CC2CN(C(=O)c3c(F)cccc3Cl)CC2C1)c1ccccc1. The highest BCUT2D eigenvalue weighted by Gasteiger charge is 2.42. The fourth-order valence-electron chi connectivity index (χ4n) is 5.64. The quantitative estimate of drug-likeness (QED) is 0.424. The number of carbonyl (C=O) groups is 3. The van der Waals surface area contributed by atoms with E-state index >= 15 is 0 Å². The van der Waals surface area contributed by atoms with Crippen molar-refractivity contribution in [3.8, 4) is 0 Å². The average molecular weight is 575 g/mol. The van der Waals surface area contributed by atoms with Crippen LogP contribution in [0.1, 0.15) is 41.7 Å². The van der Waals surface area contributed by atoms with E-state index in [-0.39, 0.29) is 34.3 Å². The number of halogens is 2. The minimum Gasteiger partial charge on any atom is -0.347 e. The van der Waals surface area contributed by atoms with E-state index in [9.17, 15) is 18.8 Å². The number of fused-ring (bicyclic) bond motifs is 1. The van der Waals surface area contributed by atoms with Crippen LogP contribution in [0.15, 0.2) is 48.5 Å². The van der Waals surface area contributed by atoms with Crippen molar-refractivity contribution in [1.29, 1.82) is 0 Å². The molecule has 4 rings (SSSR count). The first-order chi connectivity index (χ1) is 18.8. The standard InChI is InChI=1S/C29H36ClFN4O3S/c1-19(36)32-26(12-14-39-2)28(37)33-25(20-7-4-3-5-8-20)11-13-34-15-21-17-35(18-22(21)16-34)29(38)27-23(30)9-6-10-24(27)31/h3-10,21-22,25-26H,11-18H2,1-2H3,(H,32,36)(H,33,37)/t21?,22?,25-,26?/m0/s1. The molecule has 3 unspecified atom stereocenters. The fourth-order valence-corrected chi connectivity index (χ4v) is 6.36. The Morgan fingerprint density at radius 3 is 2.31 bits per heavy atom. The maximum atomic E-state index is 14.3. The van der Waals surface area contributed by atoms with Gasteiger partial charge in [0.15, 0.2) is 0 Å². The average Bonchev–Trinajstić information content (AvgIpc) is 3.48. The van der Waals surface area contributed by atoms with Gasteiger partial charge in [0.25, 0.3) is 5.91 Å². The van der Waals surface area contributed by atoms with E-state index in [1.165, 1.54) is 19.1 Å². The van der Waals surface area contributed by atoms with Crippen LogP contribution in [0.25, 0.3) is 0 Å². The third-order valence-electron chi connectivity index (χ3n) is 7.58. The van der Waals surface area contributed by atoms with Gasteiger partial charge in [-0.1, -0.05) is 48.0 Å². The lowest BCUT2D eigenvalue weighted by molar-refractivity contribution is -0.128. The summed E-state index contributed by atoms with van der Waals surface area (Å²) < 4.78 is 14.3. The first kappa shape index (κ1) is 29.4. The van der Waals surface area contributed by atoms with Crippen molar-refractivity contribution >= 4 is 41.1 Å². The smallest absolute Gasteiger partial charge is 0.258 e. The second-order valence-electron chi connectivity index (χ2n) is 10.4. The number of hydrogen-bond acceptors (Lipinski definition) is 5. The van der Waals surface area contributed by atoms with Crippen LogP contribution in [-0.2, 0) is 9.59 Å². The highest BCUT2D eigenvalue weighted by atomic mass is 35.5. The Labute approximate surface area is 238 Å². The number of benzene rings is 2. The van der Waals surface area contributed by atoms with Crippen molar-refractivity contribution in [3.05, 3.63) is 70.5 Å². The zero-order valence-electron chi connectivity index (χ0n) is 22.4. The van der Waals surface area contributed by atoms with Crippen molar-refractivity contribution in [3.63, 3.8) is 0 Å². The molecule has 0 spiro atoms. The number of amides is 3. The topological polar surface area (TPSA) is 81.8 Å². The minimum absolute atomic E-state index is 0.0486. The highest BCUT2D eigenvalue weighted by molar-refractivity contribution is 7.98. The molecule has 0 aliphatic carbocycles. The molecule has 2 aliphatic heterocycles. The zero-order valence-corrected chi connectivity index (χ0v) is 23.9. The summed E-state index contributed by atoms with van der Waals surface area (Å²) in [6.45, 7) is 5.07. The maximum absolute atomic E-state index is 14.3. The van der Waals surface area contributed by atoms with E-state index in [1.54, 1.807) is 22.7 Å². The Balaban J connectivity index is 1.35. The lowest BCUT2D eigenvalue weighted by atomic mass is 10.0. The Morgan fingerprint density at radius 2 is 1.69 bits per heavy atom. The van der Waals surface area contributed by atoms with E-state index in [2.05, 4.69) is 15.5 Å². The van der Waals surface area contributed by atoms with Gasteiger partial charge in [-0.3, -0.25) is 14.4 Å². The molecule has 3 amide bonds. The van der Waals surface area contributed by atoms with Crippen LogP contribution in [0.4, 0.5) is 4.39 Å². The molecule has 10 heteroatoms. The van der Waals surface area contributed by atoms with Crippen LogP contribution >= 0.6 is 23.4 Å². The van der Waals surface area contributed by atoms with E-state index in [1.807, 2.05) is 36.6 Å². The molecule has 2 aromatic carbocycles. The molecule has 0 saturated carbocycles. The molecular formula is C29H36ClFN4O3S. The molecule has 2 saturated heterocycles. The molecule has 39 heavy (non-hydrogen) atoms. The van der Waals surface area contributed by atoms with Gasteiger partial charge >= 0.3 is 0 Å². The third kappa shape index (κ3) is 7.52. The van der Waals surface area contributed by atoms with Gasteiger partial charge in [-0.25, -0.2) is 4.39 Å². The van der Waals surface area contributed by atoms with Crippen LogP contribution < -0.4 is 10.6 Å². The highest BCUT2D eigenvalue weighted by Crippen LogP contribution is 2.33. The van der Waals surface area contributed by atoms with Gasteiger partial charge in [0.05, 0.1) is 16.6 Å². The first-order valence-corrected chi connectivity index (χ1v) is 15.1. The van der Waals surface area contributed by atoms with Gasteiger partial charge < -0.3 is 20.4 Å². The summed E-state index contributed by atoms with van der Waals surface area (Å²) in [5.41, 5.74) is 0.975. The van der Waals surface area contributed by atoms with Crippen LogP contribution in [0.3, 0.4) is 0 Å². The normalized spacial score (nSPS) is 20.4. The molecule has 2 fully saturated rings. The lowest BCUT2D eigenvalue weighted by Crippen LogP contribution is -2.47. The minimum atomic E-state index is -0.589. The number of thioether (sulfide) groups is 1. The number of hydrogen-bond donors (Lipinski definition) is 2. The summed E-state index contributed by atoms with van der Waals surface area (Å²) in [4.78, 5) is 42.0. The summed E-state index contributed by atoms with van der Waals surface area (Å²) in [7, 11) is 0. The number of rotatable bonds is 11. The Kier molecular flexibility index (Phi) is 10.3. The molecule has 0 bridgehead atoms. The summed E-state index contributed by atoms with van der Waals surface area (Å²) in [5.74, 6) is 0.0803. The van der Waals surface area contributed by atoms with Crippen LogP contribution in [0.2, 0.25) is 5.02 Å². The predicted octanol–water partition coefficient (Wildman–Crippen LogP) is 3.99. The largest absolute Gasteiger partial charge is 0.347 e. The van der Waals surface area contributed by atoms with Gasteiger partial charge in [-0.15, -0.1) is 0 Å². The van der Waals surface area contributed by atoms with E-state index < -0.39 is 11.9 Å². The van der Waals surface area contributed by atoms with Crippen molar-refractivity contribution in [2.24, 2.45) is 11.8 Å². The maximum Gasteiger partial charge on any atom is 0.258 e. The summed E-state index contributed by atoms with van der Waals surface area (Å²) in [6.07, 6.45) is 3.26. The number of nitrogens with one attached hydrogen (secondary N) is 2. The van der Waals surface area contributed by atoms with Crippen molar-refractivity contribution in [1.82, 2.24) is 20.4 Å². The molecule has 2 aromatic rings. The van der Waals surface area contributed by atoms with E-state index in [4.69, 9.17) is 11.6 Å². The molecular weight excluding hydrogens is 539 g/mol. The summed E-state index contributed by atoms with van der Waals surface area (Å²) >= 11 is 7.76. The van der Waals surface area contributed by atoms with E-state index in [0.717, 1.165) is 37.4 Å². The zero-order chi connectivity index (χ0) is 27.9. The number of nitrogens with zero attached hydrogens (tertiary/aromatic N) is 2. The van der Waals surface area contributed by atoms with Gasteiger partial charge in [0.2, 0.25) is 11.8 Å². The van der Waals surface area contributed by atoms with Gasteiger partial charge in [0.1, 0.15) is 11.9 Å². The molecule has 4 atom stereocenters. The summed E-state index contributed by atoms with van der Waals surface area (Å²) in [6, 6.07) is 13.4. The summed E-state index contributed by atoms with van der Waals surface area (Å²) in [5, 5.41) is 6.11. The molecule has 210 valence electrons. The lowest BCUT2D eigenvalue weighted by Gasteiger charge is -2.26. The first-order valence-electron chi connectivity index (χ1n) is 13.3. The fraction of sp³-hybridized carbons (Fsp3) is 0.483. The third-order valence-corrected chi connectivity index (χ3v) is 8.54. The van der Waals surface area contributed by atoms with Crippen molar-refractivity contribution < 1.29 is 18.8 Å². The molecule has 0 aromatic heterocycles. The molecule has 2 heterocycles. The number of carbonyl (C=O) groups excluding carboxylic acids is 3. The second-order valence-corrected chi connectivity index (χ2v) is 11.8. The van der Waals surface area contributed by atoms with Crippen LogP contribution in [0, 0.1) is 17.7 Å². The Morgan fingerprint density at radius 1 is 1.00 bits per heavy atom. The van der Waals surface area contributed by atoms with Crippen LogP contribution in [-0.4, -0.2) is 78.3 Å². The Bertz CT molecular complexity index is 1140. The van der Waals surface area contributed by atoms with Gasteiger partial charge in [-0.05, 0) is 54.4 Å². The van der Waals surface area contributed by atoms with Crippen molar-refractivity contribution in [2.45, 2.75) is 31.8 Å². The van der Waals surface area contributed by atoms with Gasteiger partial charge in [-0.2, -0.15) is 11.8 Å². The van der Waals surface area contributed by atoms with Crippen LogP contribution in [0.5, 0.6) is 0 Å². The predicted molar refractivity (Wildman–Crippen MR) is 153 cm³/mol.